The van der Waals surface area contributed by atoms with Crippen molar-refractivity contribution >= 4 is 27.3 Å². The second-order valence-corrected chi connectivity index (χ2v) is 10.1. The lowest BCUT2D eigenvalue weighted by molar-refractivity contribution is -0.118. The molecule has 0 bridgehead atoms. The minimum atomic E-state index is -3.70. The number of carbonyl (C=O) groups is 1. The van der Waals surface area contributed by atoms with Crippen LogP contribution in [0.5, 0.6) is 5.75 Å². The van der Waals surface area contributed by atoms with Gasteiger partial charge in [-0.3, -0.25) is 4.79 Å². The third kappa shape index (κ3) is 5.87. The summed E-state index contributed by atoms with van der Waals surface area (Å²) in [4.78, 5) is 15.0. The molecule has 184 valence electrons. The van der Waals surface area contributed by atoms with Crippen molar-refractivity contribution in [1.29, 1.82) is 0 Å². The van der Waals surface area contributed by atoms with Crippen LogP contribution in [0.2, 0.25) is 0 Å². The summed E-state index contributed by atoms with van der Waals surface area (Å²) in [7, 11) is -3.70. The summed E-state index contributed by atoms with van der Waals surface area (Å²) in [6.07, 6.45) is 0.925. The maximum Gasteiger partial charge on any atom is 0.262 e. The molecule has 4 rings (SSSR count). The van der Waals surface area contributed by atoms with Crippen molar-refractivity contribution in [2.45, 2.75) is 18.2 Å². The van der Waals surface area contributed by atoms with Crippen molar-refractivity contribution in [3.05, 3.63) is 48.0 Å². The van der Waals surface area contributed by atoms with Crippen LogP contribution >= 0.6 is 0 Å². The molecule has 0 spiro atoms. The van der Waals surface area contributed by atoms with Gasteiger partial charge < -0.3 is 24.4 Å². The maximum atomic E-state index is 13.2. The third-order valence-corrected chi connectivity index (χ3v) is 7.80. The zero-order valence-electron chi connectivity index (χ0n) is 19.4. The van der Waals surface area contributed by atoms with Gasteiger partial charge in [-0.15, -0.1) is 0 Å². The van der Waals surface area contributed by atoms with E-state index < -0.39 is 10.0 Å². The van der Waals surface area contributed by atoms with Gasteiger partial charge in [0.25, 0.3) is 5.91 Å². The smallest absolute Gasteiger partial charge is 0.262 e. The number of ether oxygens (including phenoxy) is 3. The highest BCUT2D eigenvalue weighted by atomic mass is 32.2. The van der Waals surface area contributed by atoms with E-state index in [1.165, 1.54) is 15.9 Å². The maximum absolute atomic E-state index is 13.2. The average Bonchev–Trinajstić information content (AvgIpc) is 2.89. The molecular formula is C24H31N3O6S. The highest BCUT2D eigenvalue weighted by molar-refractivity contribution is 7.89. The minimum absolute atomic E-state index is 0.137. The van der Waals surface area contributed by atoms with Crippen LogP contribution in [0.4, 0.5) is 11.4 Å². The van der Waals surface area contributed by atoms with Crippen LogP contribution in [0.1, 0.15) is 12.5 Å². The van der Waals surface area contributed by atoms with E-state index >= 15 is 0 Å². The Labute approximate surface area is 200 Å². The van der Waals surface area contributed by atoms with E-state index in [0.29, 0.717) is 64.0 Å². The van der Waals surface area contributed by atoms with E-state index in [0.717, 1.165) is 12.1 Å². The molecule has 1 N–H and O–H groups in total. The summed E-state index contributed by atoms with van der Waals surface area (Å²) < 4.78 is 44.1. The predicted octanol–water partition coefficient (Wildman–Crippen LogP) is 2.12. The molecule has 0 radical (unpaired) electrons. The van der Waals surface area contributed by atoms with Gasteiger partial charge in [-0.2, -0.15) is 4.31 Å². The Balaban J connectivity index is 1.53. The zero-order chi connectivity index (χ0) is 24.0. The summed E-state index contributed by atoms with van der Waals surface area (Å²) in [5, 5.41) is 2.86. The van der Waals surface area contributed by atoms with Crippen molar-refractivity contribution in [3.63, 3.8) is 0 Å². The second-order valence-electron chi connectivity index (χ2n) is 8.13. The van der Waals surface area contributed by atoms with E-state index in [1.807, 2.05) is 24.3 Å². The van der Waals surface area contributed by atoms with Crippen LogP contribution in [-0.2, 0) is 30.7 Å². The number of carbonyl (C=O) groups excluding carboxylic acids is 1. The van der Waals surface area contributed by atoms with Crippen LogP contribution in [0.25, 0.3) is 0 Å². The predicted molar refractivity (Wildman–Crippen MR) is 129 cm³/mol. The average molecular weight is 490 g/mol. The summed E-state index contributed by atoms with van der Waals surface area (Å²) in [5.74, 6) is 0.236. The fourth-order valence-electron chi connectivity index (χ4n) is 3.95. The molecule has 1 amide bonds. The molecule has 0 saturated carbocycles. The Morgan fingerprint density at radius 1 is 0.971 bits per heavy atom. The molecule has 0 atom stereocenters. The quantitative estimate of drug-likeness (QED) is 0.607. The lowest BCUT2D eigenvalue weighted by atomic mass is 10.2. The number of hydrogen-bond donors (Lipinski definition) is 1. The molecule has 34 heavy (non-hydrogen) atoms. The summed E-state index contributed by atoms with van der Waals surface area (Å²) >= 11 is 0. The first-order valence-corrected chi connectivity index (χ1v) is 13.0. The molecule has 0 unspecified atom stereocenters. The number of anilines is 2. The van der Waals surface area contributed by atoms with Crippen LogP contribution in [-0.4, -0.2) is 77.8 Å². The van der Waals surface area contributed by atoms with Gasteiger partial charge in [-0.25, -0.2) is 8.42 Å². The molecule has 2 aliphatic rings. The number of hydrogen-bond acceptors (Lipinski definition) is 7. The van der Waals surface area contributed by atoms with Gasteiger partial charge in [0.2, 0.25) is 10.0 Å². The molecule has 0 aromatic heterocycles. The Morgan fingerprint density at radius 2 is 1.62 bits per heavy atom. The lowest BCUT2D eigenvalue weighted by Crippen LogP contribution is -2.40. The highest BCUT2D eigenvalue weighted by Crippen LogP contribution is 2.31. The van der Waals surface area contributed by atoms with Gasteiger partial charge in [0.05, 0.1) is 42.7 Å². The standard InChI is InChI=1S/C24H31N3O6S/c1-2-19-3-5-20(6-4-19)33-18-24(28)25-22-17-21(34(29,30)27-11-15-32-16-12-27)7-8-23(22)26-9-13-31-14-10-26/h3-8,17H,2,9-16,18H2,1H3,(H,25,28). The molecule has 2 saturated heterocycles. The Kier molecular flexibility index (Phi) is 8.04. The summed E-state index contributed by atoms with van der Waals surface area (Å²) in [6, 6.07) is 12.5. The van der Waals surface area contributed by atoms with Crippen LogP contribution in [0.15, 0.2) is 47.4 Å². The van der Waals surface area contributed by atoms with Crippen molar-refractivity contribution in [2.75, 3.05) is 69.4 Å². The number of benzene rings is 2. The van der Waals surface area contributed by atoms with Crippen LogP contribution in [0, 0.1) is 0 Å². The molecule has 9 nitrogen and oxygen atoms in total. The topological polar surface area (TPSA) is 97.4 Å². The van der Waals surface area contributed by atoms with Crippen molar-refractivity contribution in [2.24, 2.45) is 0 Å². The van der Waals surface area contributed by atoms with Gasteiger partial charge in [0.1, 0.15) is 5.75 Å². The molecule has 2 aromatic carbocycles. The van der Waals surface area contributed by atoms with E-state index in [2.05, 4.69) is 17.1 Å². The monoisotopic (exact) mass is 489 g/mol. The highest BCUT2D eigenvalue weighted by Gasteiger charge is 2.28. The zero-order valence-corrected chi connectivity index (χ0v) is 20.2. The molecule has 10 heteroatoms. The van der Waals surface area contributed by atoms with Crippen LogP contribution in [0.3, 0.4) is 0 Å². The number of aryl methyl sites for hydroxylation is 1. The Morgan fingerprint density at radius 3 is 2.26 bits per heavy atom. The molecule has 2 aliphatic heterocycles. The molecular weight excluding hydrogens is 458 g/mol. The van der Waals surface area contributed by atoms with Crippen molar-refractivity contribution in [3.8, 4) is 5.75 Å². The van der Waals surface area contributed by atoms with Crippen LogP contribution < -0.4 is 15.0 Å². The fraction of sp³-hybridized carbons (Fsp3) is 0.458. The van der Waals surface area contributed by atoms with E-state index in [-0.39, 0.29) is 17.4 Å². The minimum Gasteiger partial charge on any atom is -0.484 e. The summed E-state index contributed by atoms with van der Waals surface area (Å²) in [5.41, 5.74) is 2.38. The van der Waals surface area contributed by atoms with Gasteiger partial charge in [-0.1, -0.05) is 19.1 Å². The Bertz CT molecular complexity index is 1080. The number of rotatable bonds is 8. The fourth-order valence-corrected chi connectivity index (χ4v) is 5.38. The van der Waals surface area contributed by atoms with E-state index in [4.69, 9.17) is 14.2 Å². The normalized spacial score (nSPS) is 17.4. The molecule has 2 heterocycles. The summed E-state index contributed by atoms with van der Waals surface area (Å²) in [6.45, 7) is 5.67. The number of nitrogens with zero attached hydrogens (tertiary/aromatic N) is 2. The number of amides is 1. The first-order chi connectivity index (χ1) is 16.5. The first kappa shape index (κ1) is 24.5. The largest absolute Gasteiger partial charge is 0.484 e. The number of morpholine rings is 2. The third-order valence-electron chi connectivity index (χ3n) is 5.90. The number of sulfonamides is 1. The lowest BCUT2D eigenvalue weighted by Gasteiger charge is -2.31. The molecule has 2 aromatic rings. The van der Waals surface area contributed by atoms with Crippen molar-refractivity contribution < 1.29 is 27.4 Å². The SMILES string of the molecule is CCc1ccc(OCC(=O)Nc2cc(S(=O)(=O)N3CCOCC3)ccc2N2CCOCC2)cc1. The van der Waals surface area contributed by atoms with E-state index in [9.17, 15) is 13.2 Å². The van der Waals surface area contributed by atoms with Gasteiger partial charge in [0, 0.05) is 26.2 Å². The van der Waals surface area contributed by atoms with Crippen molar-refractivity contribution in [1.82, 2.24) is 4.31 Å². The number of nitrogens with one attached hydrogen (secondary N) is 1. The molecule has 0 aliphatic carbocycles. The van der Waals surface area contributed by atoms with E-state index in [1.54, 1.807) is 12.1 Å². The second kappa shape index (κ2) is 11.2. The van der Waals surface area contributed by atoms with Gasteiger partial charge in [-0.05, 0) is 42.3 Å². The Hall–Kier alpha value is -2.66. The first-order valence-electron chi connectivity index (χ1n) is 11.5. The van der Waals surface area contributed by atoms with Gasteiger partial charge >= 0.3 is 0 Å². The molecule has 2 fully saturated rings. The van der Waals surface area contributed by atoms with Gasteiger partial charge in [0.15, 0.2) is 6.61 Å².